The lowest BCUT2D eigenvalue weighted by atomic mass is 10.2. The Balaban J connectivity index is 1.98. The van der Waals surface area contributed by atoms with Gasteiger partial charge in [-0.2, -0.15) is 0 Å². The fraction of sp³-hybridized carbons (Fsp3) is 0.357. The van der Waals surface area contributed by atoms with Crippen molar-refractivity contribution >= 4 is 22.1 Å². The predicted octanol–water partition coefficient (Wildman–Crippen LogP) is 3.09. The molecule has 0 bridgehead atoms. The molecule has 0 radical (unpaired) electrons. The Hall–Kier alpha value is -1.27. The summed E-state index contributed by atoms with van der Waals surface area (Å²) >= 11 is 1.58. The number of thiazole rings is 1. The van der Waals surface area contributed by atoms with E-state index in [1.165, 1.54) is 19.2 Å². The van der Waals surface area contributed by atoms with E-state index in [9.17, 15) is 8.60 Å². The molecule has 2 aromatic rings. The number of ether oxygens (including phenoxy) is 1. The van der Waals surface area contributed by atoms with E-state index in [1.54, 1.807) is 22.9 Å². The molecule has 0 saturated heterocycles. The summed E-state index contributed by atoms with van der Waals surface area (Å²) in [6.45, 7) is 1.95. The smallest absolute Gasteiger partial charge is 0.123 e. The molecule has 1 aromatic carbocycles. The number of rotatable bonds is 6. The van der Waals surface area contributed by atoms with E-state index in [0.717, 1.165) is 17.0 Å². The molecule has 0 amide bonds. The summed E-state index contributed by atoms with van der Waals surface area (Å²) in [4.78, 5) is 5.32. The van der Waals surface area contributed by atoms with Gasteiger partial charge in [-0.3, -0.25) is 4.21 Å². The number of halogens is 1. The molecule has 0 aliphatic carbocycles. The minimum Gasteiger partial charge on any atom is -0.496 e. The highest BCUT2D eigenvalue weighted by Crippen LogP contribution is 2.21. The molecule has 0 spiro atoms. The Morgan fingerprint density at radius 3 is 2.90 bits per heavy atom. The van der Waals surface area contributed by atoms with E-state index in [1.807, 2.05) is 6.92 Å². The van der Waals surface area contributed by atoms with Crippen LogP contribution in [0.5, 0.6) is 5.75 Å². The molecule has 0 N–H and O–H groups in total. The maximum atomic E-state index is 13.2. The number of aryl methyl sites for hydroxylation is 2. The van der Waals surface area contributed by atoms with Gasteiger partial charge in [-0.25, -0.2) is 9.37 Å². The van der Waals surface area contributed by atoms with Crippen molar-refractivity contribution in [1.29, 1.82) is 0 Å². The van der Waals surface area contributed by atoms with Crippen molar-refractivity contribution < 1.29 is 13.3 Å². The molecular formula is C14H16FNO2S2. The Labute approximate surface area is 124 Å². The monoisotopic (exact) mass is 313 g/mol. The van der Waals surface area contributed by atoms with Gasteiger partial charge in [0, 0.05) is 27.0 Å². The average Bonchev–Trinajstić information content (AvgIpc) is 2.82. The topological polar surface area (TPSA) is 39.2 Å². The van der Waals surface area contributed by atoms with Crippen molar-refractivity contribution in [2.45, 2.75) is 19.1 Å². The number of hydrogen-bond donors (Lipinski definition) is 0. The molecule has 0 aliphatic rings. The third-order valence-corrected chi connectivity index (χ3v) is 5.25. The van der Waals surface area contributed by atoms with Crippen molar-refractivity contribution in [3.8, 4) is 5.75 Å². The first-order chi connectivity index (χ1) is 9.60. The van der Waals surface area contributed by atoms with Gasteiger partial charge in [-0.15, -0.1) is 11.3 Å². The molecule has 1 heterocycles. The van der Waals surface area contributed by atoms with E-state index in [2.05, 4.69) is 4.98 Å². The Morgan fingerprint density at radius 1 is 1.45 bits per heavy atom. The average molecular weight is 313 g/mol. The first-order valence-corrected chi connectivity index (χ1v) is 8.53. The second kappa shape index (κ2) is 6.95. The van der Waals surface area contributed by atoms with Crippen LogP contribution in [-0.4, -0.2) is 22.1 Å². The van der Waals surface area contributed by atoms with Crippen LogP contribution in [0.2, 0.25) is 0 Å². The highest BCUT2D eigenvalue weighted by atomic mass is 32.2. The lowest BCUT2D eigenvalue weighted by Crippen LogP contribution is -2.05. The summed E-state index contributed by atoms with van der Waals surface area (Å²) in [7, 11) is 0.476. The van der Waals surface area contributed by atoms with Crippen LogP contribution in [0.1, 0.15) is 16.1 Å². The normalized spacial score (nSPS) is 12.3. The Kier molecular flexibility index (Phi) is 5.25. The van der Waals surface area contributed by atoms with Gasteiger partial charge in [0.25, 0.3) is 0 Å². The lowest BCUT2D eigenvalue weighted by Gasteiger charge is -2.08. The fourth-order valence-corrected chi connectivity index (χ4v) is 3.94. The standard InChI is InChI=1S/C14H16FNO2S2/c1-10-14(19-9-16-10)5-6-20(17)8-11-7-12(15)3-4-13(11)18-2/h3-4,7,9H,5-6,8H2,1-2H3/t20-/m1/s1. The number of nitrogens with zero attached hydrogens (tertiary/aromatic N) is 1. The van der Waals surface area contributed by atoms with Crippen LogP contribution >= 0.6 is 11.3 Å². The SMILES string of the molecule is COc1ccc(F)cc1C[S@](=O)CCc1scnc1C. The van der Waals surface area contributed by atoms with Crippen LogP contribution in [0.3, 0.4) is 0 Å². The Morgan fingerprint density at radius 2 is 2.25 bits per heavy atom. The molecule has 0 unspecified atom stereocenters. The zero-order chi connectivity index (χ0) is 14.5. The minimum absolute atomic E-state index is 0.304. The number of hydrogen-bond acceptors (Lipinski definition) is 4. The summed E-state index contributed by atoms with van der Waals surface area (Å²) in [5.74, 6) is 1.09. The van der Waals surface area contributed by atoms with Crippen molar-refractivity contribution in [3.63, 3.8) is 0 Å². The van der Waals surface area contributed by atoms with E-state index in [-0.39, 0.29) is 5.82 Å². The van der Waals surface area contributed by atoms with Crippen LogP contribution in [0, 0.1) is 12.7 Å². The molecule has 0 saturated carbocycles. The van der Waals surface area contributed by atoms with Gasteiger partial charge in [-0.05, 0) is 31.5 Å². The zero-order valence-electron chi connectivity index (χ0n) is 11.4. The first-order valence-electron chi connectivity index (χ1n) is 6.16. The predicted molar refractivity (Wildman–Crippen MR) is 80.2 cm³/mol. The van der Waals surface area contributed by atoms with Gasteiger partial charge >= 0.3 is 0 Å². The third kappa shape index (κ3) is 3.86. The zero-order valence-corrected chi connectivity index (χ0v) is 13.0. The molecule has 2 rings (SSSR count). The molecule has 0 aliphatic heterocycles. The van der Waals surface area contributed by atoms with E-state index < -0.39 is 10.8 Å². The molecule has 0 fully saturated rings. The number of aromatic nitrogens is 1. The van der Waals surface area contributed by atoms with Crippen LogP contribution in [-0.2, 0) is 23.0 Å². The Bertz CT molecular complexity index is 613. The molecule has 3 nitrogen and oxygen atoms in total. The van der Waals surface area contributed by atoms with Crippen molar-refractivity contribution in [2.75, 3.05) is 12.9 Å². The van der Waals surface area contributed by atoms with Gasteiger partial charge in [0.05, 0.1) is 24.1 Å². The third-order valence-electron chi connectivity index (χ3n) is 2.96. The minimum atomic E-state index is -1.05. The van der Waals surface area contributed by atoms with Crippen molar-refractivity contribution in [1.82, 2.24) is 4.98 Å². The summed E-state index contributed by atoms with van der Waals surface area (Å²) in [6.07, 6.45) is 0.737. The second-order valence-electron chi connectivity index (χ2n) is 4.36. The fourth-order valence-electron chi connectivity index (χ4n) is 1.88. The summed E-state index contributed by atoms with van der Waals surface area (Å²) < 4.78 is 30.5. The van der Waals surface area contributed by atoms with Crippen molar-refractivity contribution in [2.24, 2.45) is 0 Å². The quantitative estimate of drug-likeness (QED) is 0.822. The van der Waals surface area contributed by atoms with Gasteiger partial charge in [0.15, 0.2) is 0 Å². The first kappa shape index (κ1) is 15.1. The van der Waals surface area contributed by atoms with Crippen molar-refractivity contribution in [3.05, 3.63) is 45.7 Å². The molecular weight excluding hydrogens is 297 g/mol. The summed E-state index contributed by atoms with van der Waals surface area (Å²) in [5, 5.41) is 0. The number of benzene rings is 1. The van der Waals surface area contributed by atoms with E-state index in [4.69, 9.17) is 4.74 Å². The van der Waals surface area contributed by atoms with Crippen LogP contribution in [0.25, 0.3) is 0 Å². The highest BCUT2D eigenvalue weighted by molar-refractivity contribution is 7.84. The molecule has 1 atom stereocenters. The lowest BCUT2D eigenvalue weighted by molar-refractivity contribution is 0.410. The molecule has 1 aromatic heterocycles. The van der Waals surface area contributed by atoms with Crippen LogP contribution < -0.4 is 4.74 Å². The number of methoxy groups -OCH3 is 1. The second-order valence-corrected chi connectivity index (χ2v) is 6.87. The van der Waals surface area contributed by atoms with Crippen LogP contribution in [0.15, 0.2) is 23.7 Å². The molecule has 108 valence electrons. The van der Waals surface area contributed by atoms with Gasteiger partial charge in [0.1, 0.15) is 11.6 Å². The molecule has 6 heteroatoms. The molecule has 20 heavy (non-hydrogen) atoms. The highest BCUT2D eigenvalue weighted by Gasteiger charge is 2.10. The van der Waals surface area contributed by atoms with Gasteiger partial charge in [0.2, 0.25) is 0 Å². The maximum absolute atomic E-state index is 13.2. The van der Waals surface area contributed by atoms with Crippen LogP contribution in [0.4, 0.5) is 4.39 Å². The van der Waals surface area contributed by atoms with E-state index in [0.29, 0.717) is 22.8 Å². The maximum Gasteiger partial charge on any atom is 0.123 e. The summed E-state index contributed by atoms with van der Waals surface area (Å²) in [5.41, 5.74) is 3.44. The summed E-state index contributed by atoms with van der Waals surface area (Å²) in [6, 6.07) is 4.29. The van der Waals surface area contributed by atoms with E-state index >= 15 is 0 Å². The largest absolute Gasteiger partial charge is 0.496 e. The van der Waals surface area contributed by atoms with Gasteiger partial charge < -0.3 is 4.74 Å². The van der Waals surface area contributed by atoms with Gasteiger partial charge in [-0.1, -0.05) is 0 Å².